The summed E-state index contributed by atoms with van der Waals surface area (Å²) in [5.74, 6) is 0.344. The predicted octanol–water partition coefficient (Wildman–Crippen LogP) is 4.22. The summed E-state index contributed by atoms with van der Waals surface area (Å²) in [5.41, 5.74) is 8.59. The van der Waals surface area contributed by atoms with Gasteiger partial charge in [0.1, 0.15) is 23.5 Å². The number of nitrogens with zero attached hydrogens (tertiary/aromatic N) is 4. The molecule has 0 radical (unpaired) electrons. The van der Waals surface area contributed by atoms with Gasteiger partial charge in [0.15, 0.2) is 11.4 Å². The molecule has 4 heterocycles. The molecule has 0 bridgehead atoms. The van der Waals surface area contributed by atoms with Crippen LogP contribution in [0.5, 0.6) is 5.75 Å². The van der Waals surface area contributed by atoms with Gasteiger partial charge < -0.3 is 25.0 Å². The molecule has 0 aliphatic carbocycles. The molecule has 0 spiro atoms. The van der Waals surface area contributed by atoms with Crippen molar-refractivity contribution in [2.24, 2.45) is 0 Å². The van der Waals surface area contributed by atoms with Gasteiger partial charge in [0.05, 0.1) is 24.4 Å². The van der Waals surface area contributed by atoms with Crippen LogP contribution >= 0.6 is 0 Å². The Morgan fingerprint density at radius 1 is 1.25 bits per heavy atom. The second-order valence-electron chi connectivity index (χ2n) is 7.61. The predicted molar refractivity (Wildman–Crippen MR) is 118 cm³/mol. The van der Waals surface area contributed by atoms with Crippen molar-refractivity contribution >= 4 is 22.5 Å². The Hall–Kier alpha value is -3.66. The first-order valence-corrected chi connectivity index (χ1v) is 10.4. The molecule has 5 rings (SSSR count). The number of rotatable bonds is 5. The van der Waals surface area contributed by atoms with Crippen LogP contribution in [0, 0.1) is 5.82 Å². The van der Waals surface area contributed by atoms with E-state index in [-0.39, 0.29) is 17.5 Å². The summed E-state index contributed by atoms with van der Waals surface area (Å²) < 4.78 is 33.4. The van der Waals surface area contributed by atoms with Gasteiger partial charge in [-0.3, -0.25) is 4.98 Å². The first kappa shape index (κ1) is 20.3. The number of nitrogens with one attached hydrogen (secondary N) is 1. The average molecular weight is 438 g/mol. The Labute approximate surface area is 183 Å². The van der Waals surface area contributed by atoms with Crippen LogP contribution in [0.1, 0.15) is 25.5 Å². The van der Waals surface area contributed by atoms with Crippen LogP contribution in [0.2, 0.25) is 0 Å². The molecule has 166 valence electrons. The third kappa shape index (κ3) is 3.32. The number of methoxy groups -OCH3 is 1. The third-order valence-corrected chi connectivity index (χ3v) is 5.67. The van der Waals surface area contributed by atoms with Gasteiger partial charge in [-0.15, -0.1) is 0 Å². The van der Waals surface area contributed by atoms with Crippen LogP contribution in [0.25, 0.3) is 33.4 Å². The second kappa shape index (κ2) is 8.12. The maximum atomic E-state index is 14.9. The molecule has 32 heavy (non-hydrogen) atoms. The zero-order chi connectivity index (χ0) is 22.2. The fourth-order valence-corrected chi connectivity index (χ4v) is 4.04. The van der Waals surface area contributed by atoms with Gasteiger partial charge in [-0.1, -0.05) is 5.16 Å². The normalized spacial score (nSPS) is 16.4. The van der Waals surface area contributed by atoms with E-state index in [0.717, 1.165) is 31.4 Å². The van der Waals surface area contributed by atoms with Crippen LogP contribution in [0.15, 0.2) is 35.2 Å². The van der Waals surface area contributed by atoms with Gasteiger partial charge in [-0.25, -0.2) is 9.07 Å². The van der Waals surface area contributed by atoms with E-state index < -0.39 is 5.82 Å². The van der Waals surface area contributed by atoms with Crippen LogP contribution in [-0.2, 0) is 4.74 Å². The molecule has 4 aromatic rings. The van der Waals surface area contributed by atoms with Gasteiger partial charge in [-0.05, 0) is 25.3 Å². The number of pyridine rings is 1. The molecule has 1 saturated heterocycles. The lowest BCUT2D eigenvalue weighted by atomic mass is 10.0. The number of nitrogen functional groups attached to an aromatic ring is 1. The number of hydrogen-bond acceptors (Lipinski definition) is 8. The topological polar surface area (TPSA) is 113 Å². The number of hydrogen-bond donors (Lipinski definition) is 2. The van der Waals surface area contributed by atoms with E-state index in [4.69, 9.17) is 19.7 Å². The molecule has 1 aliphatic rings. The lowest BCUT2D eigenvalue weighted by Gasteiger charge is -2.22. The van der Waals surface area contributed by atoms with Crippen LogP contribution < -0.4 is 15.8 Å². The SMILES string of the molecule is CNc1noc2c(-c3cnn(C4CCCCO4)c3)ncc(-c3cc(OC)c(N)cc3F)c12. The molecule has 9 nitrogen and oxygen atoms in total. The van der Waals surface area contributed by atoms with Crippen molar-refractivity contribution in [2.75, 3.05) is 31.8 Å². The zero-order valence-electron chi connectivity index (χ0n) is 17.8. The molecular formula is C22H23FN6O3. The fourth-order valence-electron chi connectivity index (χ4n) is 4.04. The highest BCUT2D eigenvalue weighted by Crippen LogP contribution is 2.41. The highest BCUT2D eigenvalue weighted by molar-refractivity contribution is 6.06. The maximum absolute atomic E-state index is 14.9. The van der Waals surface area contributed by atoms with E-state index in [1.54, 1.807) is 30.2 Å². The van der Waals surface area contributed by atoms with Gasteiger partial charge in [-0.2, -0.15) is 5.10 Å². The van der Waals surface area contributed by atoms with E-state index in [0.29, 0.717) is 33.8 Å². The van der Waals surface area contributed by atoms with Crippen molar-refractivity contribution in [3.8, 4) is 28.1 Å². The highest BCUT2D eigenvalue weighted by Gasteiger charge is 2.24. The molecule has 3 aromatic heterocycles. The Morgan fingerprint density at radius 3 is 2.88 bits per heavy atom. The standard InChI is InChI=1S/C22H23FN6O3/c1-25-22-19-14(13-7-17(30-2)16(24)8-15(13)23)10-26-20(21(19)32-28-22)12-9-27-29(11-12)18-5-3-4-6-31-18/h7-11,18H,3-6,24H2,1-2H3,(H,25,28). The molecular weight excluding hydrogens is 415 g/mol. The van der Waals surface area contributed by atoms with Crippen molar-refractivity contribution < 1.29 is 18.4 Å². The molecule has 10 heteroatoms. The number of anilines is 2. The van der Waals surface area contributed by atoms with Crippen LogP contribution in [-0.4, -0.2) is 40.7 Å². The molecule has 3 N–H and O–H groups in total. The summed E-state index contributed by atoms with van der Waals surface area (Å²) in [5, 5.41) is 12.2. The first-order chi connectivity index (χ1) is 15.6. The Balaban J connectivity index is 1.64. The van der Waals surface area contributed by atoms with E-state index in [1.165, 1.54) is 13.2 Å². The van der Waals surface area contributed by atoms with Crippen LogP contribution in [0.4, 0.5) is 15.9 Å². The minimum absolute atomic E-state index is 0.0915. The fraction of sp³-hybridized carbons (Fsp3) is 0.318. The lowest BCUT2D eigenvalue weighted by molar-refractivity contribution is -0.0394. The zero-order valence-corrected chi connectivity index (χ0v) is 17.8. The molecule has 0 saturated carbocycles. The van der Waals surface area contributed by atoms with Gasteiger partial charge in [0.25, 0.3) is 0 Å². The van der Waals surface area contributed by atoms with E-state index in [2.05, 4.69) is 20.6 Å². The van der Waals surface area contributed by atoms with Crippen molar-refractivity contribution in [1.29, 1.82) is 0 Å². The number of halogens is 1. The minimum atomic E-state index is -0.496. The Kier molecular flexibility index (Phi) is 5.14. The minimum Gasteiger partial charge on any atom is -0.495 e. The number of aromatic nitrogens is 4. The Bertz CT molecular complexity index is 1280. The summed E-state index contributed by atoms with van der Waals surface area (Å²) in [4.78, 5) is 4.58. The van der Waals surface area contributed by atoms with E-state index in [9.17, 15) is 4.39 Å². The second-order valence-corrected chi connectivity index (χ2v) is 7.61. The van der Waals surface area contributed by atoms with Crippen molar-refractivity contribution in [2.45, 2.75) is 25.5 Å². The first-order valence-electron chi connectivity index (χ1n) is 10.4. The number of nitrogens with two attached hydrogens (primary N) is 1. The summed E-state index contributed by atoms with van der Waals surface area (Å²) in [6.07, 6.45) is 8.17. The molecule has 1 fully saturated rings. The van der Waals surface area contributed by atoms with Gasteiger partial charge >= 0.3 is 0 Å². The van der Waals surface area contributed by atoms with Crippen molar-refractivity contribution in [3.05, 3.63) is 36.5 Å². The number of benzene rings is 1. The van der Waals surface area contributed by atoms with E-state index in [1.807, 2.05) is 6.20 Å². The van der Waals surface area contributed by atoms with Crippen LogP contribution in [0.3, 0.4) is 0 Å². The quantitative estimate of drug-likeness (QED) is 0.445. The van der Waals surface area contributed by atoms with Gasteiger partial charge in [0.2, 0.25) is 0 Å². The maximum Gasteiger partial charge on any atom is 0.196 e. The molecule has 1 unspecified atom stereocenters. The van der Waals surface area contributed by atoms with E-state index >= 15 is 0 Å². The molecule has 1 aromatic carbocycles. The largest absolute Gasteiger partial charge is 0.495 e. The molecule has 1 atom stereocenters. The average Bonchev–Trinajstić information content (AvgIpc) is 3.47. The van der Waals surface area contributed by atoms with Gasteiger partial charge in [0, 0.05) is 48.8 Å². The number of fused-ring (bicyclic) bond motifs is 1. The summed E-state index contributed by atoms with van der Waals surface area (Å²) in [6, 6.07) is 2.78. The molecule has 0 amide bonds. The monoisotopic (exact) mass is 438 g/mol. The Morgan fingerprint density at radius 2 is 2.12 bits per heavy atom. The number of ether oxygens (including phenoxy) is 2. The lowest BCUT2D eigenvalue weighted by Crippen LogP contribution is -2.18. The molecule has 1 aliphatic heterocycles. The third-order valence-electron chi connectivity index (χ3n) is 5.67. The van der Waals surface area contributed by atoms with Crippen molar-refractivity contribution in [1.82, 2.24) is 19.9 Å². The smallest absolute Gasteiger partial charge is 0.196 e. The summed E-state index contributed by atoms with van der Waals surface area (Å²) in [6.45, 7) is 0.724. The summed E-state index contributed by atoms with van der Waals surface area (Å²) in [7, 11) is 3.20. The van der Waals surface area contributed by atoms with Crippen molar-refractivity contribution in [3.63, 3.8) is 0 Å². The highest BCUT2D eigenvalue weighted by atomic mass is 19.1. The summed E-state index contributed by atoms with van der Waals surface area (Å²) >= 11 is 0.